The van der Waals surface area contributed by atoms with Crippen LogP contribution in [0.4, 0.5) is 5.82 Å². The van der Waals surface area contributed by atoms with Gasteiger partial charge in [-0.3, -0.25) is 4.98 Å². The number of aromatic nitrogens is 3. The molecule has 3 rings (SSSR count). The first kappa shape index (κ1) is 15.2. The molecule has 0 aliphatic heterocycles. The van der Waals surface area contributed by atoms with Crippen molar-refractivity contribution < 1.29 is 4.42 Å². The molecule has 3 aromatic heterocycles. The molecule has 0 saturated heterocycles. The minimum absolute atomic E-state index is 0.121. The van der Waals surface area contributed by atoms with Crippen molar-refractivity contribution >= 4 is 40.3 Å². The lowest BCUT2D eigenvalue weighted by molar-refractivity contribution is 0.577. The van der Waals surface area contributed by atoms with Gasteiger partial charge in [-0.2, -0.15) is 0 Å². The number of furan rings is 1. The van der Waals surface area contributed by atoms with E-state index in [1.165, 1.54) is 0 Å². The van der Waals surface area contributed by atoms with Crippen molar-refractivity contribution in [3.05, 3.63) is 35.9 Å². The molecular weight excluding hydrogens is 316 g/mol. The number of rotatable bonds is 4. The molecule has 3 aromatic rings. The second kappa shape index (κ2) is 6.18. The molecule has 114 valence electrons. The standard InChI is InChI=1S/C15H16N4OS2/c1-8-4-10-5-11(17-7-12(10)20-8)9(2)22-15-18-13(16)6-14(19-15)21-3/h4-7,9H,1-3H3,(H2,16,18,19). The van der Waals surface area contributed by atoms with Crippen LogP contribution in [0.1, 0.15) is 23.6 Å². The van der Waals surface area contributed by atoms with Crippen LogP contribution in [0.3, 0.4) is 0 Å². The van der Waals surface area contributed by atoms with Crippen molar-refractivity contribution in [2.45, 2.75) is 29.3 Å². The number of nitrogens with zero attached hydrogens (tertiary/aromatic N) is 3. The molecule has 22 heavy (non-hydrogen) atoms. The summed E-state index contributed by atoms with van der Waals surface area (Å²) < 4.78 is 5.55. The summed E-state index contributed by atoms with van der Waals surface area (Å²) in [5, 5.41) is 2.72. The summed E-state index contributed by atoms with van der Waals surface area (Å²) >= 11 is 3.10. The molecule has 1 atom stereocenters. The molecule has 7 heteroatoms. The van der Waals surface area contributed by atoms with Gasteiger partial charge in [-0.05, 0) is 32.2 Å². The Bertz CT molecular complexity index is 818. The van der Waals surface area contributed by atoms with E-state index >= 15 is 0 Å². The predicted octanol–water partition coefficient (Wildman–Crippen LogP) is 4.08. The first-order valence-corrected chi connectivity index (χ1v) is 8.87. The van der Waals surface area contributed by atoms with Gasteiger partial charge in [0, 0.05) is 11.5 Å². The fraction of sp³-hybridized carbons (Fsp3) is 0.267. The fourth-order valence-electron chi connectivity index (χ4n) is 2.11. The molecule has 3 heterocycles. The number of hydrogen-bond donors (Lipinski definition) is 1. The van der Waals surface area contributed by atoms with E-state index in [1.807, 2.05) is 25.3 Å². The van der Waals surface area contributed by atoms with E-state index in [0.29, 0.717) is 11.0 Å². The number of aryl methyl sites for hydroxylation is 1. The van der Waals surface area contributed by atoms with Gasteiger partial charge >= 0.3 is 0 Å². The topological polar surface area (TPSA) is 77.8 Å². The van der Waals surface area contributed by atoms with E-state index in [1.54, 1.807) is 35.8 Å². The van der Waals surface area contributed by atoms with E-state index in [2.05, 4.69) is 21.9 Å². The summed E-state index contributed by atoms with van der Waals surface area (Å²) in [5.41, 5.74) is 7.60. The van der Waals surface area contributed by atoms with E-state index in [4.69, 9.17) is 10.2 Å². The summed E-state index contributed by atoms with van der Waals surface area (Å²) in [6, 6.07) is 5.84. The van der Waals surface area contributed by atoms with Gasteiger partial charge in [-0.15, -0.1) is 11.8 Å². The monoisotopic (exact) mass is 332 g/mol. The normalized spacial score (nSPS) is 12.7. The van der Waals surface area contributed by atoms with Crippen LogP contribution in [0, 0.1) is 6.92 Å². The Labute approximate surface area is 137 Å². The summed E-state index contributed by atoms with van der Waals surface area (Å²) in [6.45, 7) is 4.01. The van der Waals surface area contributed by atoms with Crippen molar-refractivity contribution in [1.29, 1.82) is 0 Å². The van der Waals surface area contributed by atoms with Crippen molar-refractivity contribution in [2.24, 2.45) is 0 Å². The summed E-state index contributed by atoms with van der Waals surface area (Å²) in [4.78, 5) is 13.2. The molecule has 2 N–H and O–H groups in total. The van der Waals surface area contributed by atoms with Crippen LogP contribution in [0.2, 0.25) is 0 Å². The second-order valence-corrected chi connectivity index (χ2v) is 7.02. The number of anilines is 1. The molecule has 0 fully saturated rings. The second-order valence-electron chi connectivity index (χ2n) is 4.88. The number of thioether (sulfide) groups is 2. The Balaban J connectivity index is 1.86. The SMILES string of the molecule is CSc1cc(N)nc(SC(C)c2cc3cc(C)oc3cn2)n1. The Morgan fingerprint density at radius 1 is 1.23 bits per heavy atom. The molecule has 1 unspecified atom stereocenters. The average molecular weight is 332 g/mol. The van der Waals surface area contributed by atoms with Gasteiger partial charge in [0.15, 0.2) is 10.7 Å². The minimum atomic E-state index is 0.121. The van der Waals surface area contributed by atoms with Crippen molar-refractivity contribution in [3.63, 3.8) is 0 Å². The van der Waals surface area contributed by atoms with E-state index in [0.717, 1.165) is 27.4 Å². The minimum Gasteiger partial charge on any atom is -0.460 e. The van der Waals surface area contributed by atoms with Crippen LogP contribution in [-0.4, -0.2) is 21.2 Å². The molecular formula is C15H16N4OS2. The van der Waals surface area contributed by atoms with Crippen LogP contribution < -0.4 is 5.73 Å². The average Bonchev–Trinajstić information content (AvgIpc) is 2.85. The Hall–Kier alpha value is -1.73. The van der Waals surface area contributed by atoms with Gasteiger partial charge in [-0.25, -0.2) is 9.97 Å². The summed E-state index contributed by atoms with van der Waals surface area (Å²) in [5.74, 6) is 1.38. The van der Waals surface area contributed by atoms with Crippen LogP contribution in [0.5, 0.6) is 0 Å². The summed E-state index contributed by atoms with van der Waals surface area (Å²) in [7, 11) is 0. The van der Waals surface area contributed by atoms with Crippen LogP contribution in [0.25, 0.3) is 11.0 Å². The molecule has 0 radical (unpaired) electrons. The lowest BCUT2D eigenvalue weighted by Gasteiger charge is -2.10. The number of nitrogen functional groups attached to an aromatic ring is 1. The Kier molecular flexibility index (Phi) is 4.26. The molecule has 0 saturated carbocycles. The molecule has 0 amide bonds. The highest BCUT2D eigenvalue weighted by atomic mass is 32.2. The highest BCUT2D eigenvalue weighted by Crippen LogP contribution is 2.34. The van der Waals surface area contributed by atoms with Gasteiger partial charge in [0.1, 0.15) is 16.6 Å². The maximum absolute atomic E-state index is 5.82. The highest BCUT2D eigenvalue weighted by Gasteiger charge is 2.14. The van der Waals surface area contributed by atoms with Crippen LogP contribution >= 0.6 is 23.5 Å². The van der Waals surface area contributed by atoms with Crippen LogP contribution in [-0.2, 0) is 0 Å². The van der Waals surface area contributed by atoms with E-state index < -0.39 is 0 Å². The molecule has 0 aliphatic rings. The third-order valence-corrected chi connectivity index (χ3v) is 4.77. The summed E-state index contributed by atoms with van der Waals surface area (Å²) in [6.07, 6.45) is 3.73. The Morgan fingerprint density at radius 3 is 2.82 bits per heavy atom. The van der Waals surface area contributed by atoms with Crippen molar-refractivity contribution in [3.8, 4) is 0 Å². The molecule has 5 nitrogen and oxygen atoms in total. The molecule has 0 aromatic carbocycles. The molecule has 0 bridgehead atoms. The lowest BCUT2D eigenvalue weighted by Crippen LogP contribution is -1.99. The van der Waals surface area contributed by atoms with Crippen LogP contribution in [0.15, 0.2) is 39.0 Å². The number of hydrogen-bond acceptors (Lipinski definition) is 7. The zero-order chi connectivity index (χ0) is 15.7. The fourth-order valence-corrected chi connectivity index (χ4v) is 3.46. The highest BCUT2D eigenvalue weighted by molar-refractivity contribution is 7.99. The quantitative estimate of drug-likeness (QED) is 0.438. The van der Waals surface area contributed by atoms with Crippen molar-refractivity contribution in [1.82, 2.24) is 15.0 Å². The smallest absolute Gasteiger partial charge is 0.191 e. The number of pyridine rings is 1. The lowest BCUT2D eigenvalue weighted by atomic mass is 10.2. The first-order valence-electron chi connectivity index (χ1n) is 6.76. The zero-order valence-electron chi connectivity index (χ0n) is 12.5. The molecule has 0 aliphatic carbocycles. The number of fused-ring (bicyclic) bond motifs is 1. The maximum Gasteiger partial charge on any atom is 0.191 e. The third-order valence-electron chi connectivity index (χ3n) is 3.16. The van der Waals surface area contributed by atoms with E-state index in [9.17, 15) is 0 Å². The Morgan fingerprint density at radius 2 is 2.05 bits per heavy atom. The zero-order valence-corrected chi connectivity index (χ0v) is 14.2. The van der Waals surface area contributed by atoms with Crippen molar-refractivity contribution in [2.75, 3.05) is 12.0 Å². The molecule has 0 spiro atoms. The first-order chi connectivity index (χ1) is 10.5. The van der Waals surface area contributed by atoms with Gasteiger partial charge < -0.3 is 10.2 Å². The van der Waals surface area contributed by atoms with Gasteiger partial charge in [0.2, 0.25) is 0 Å². The van der Waals surface area contributed by atoms with Gasteiger partial charge in [0.25, 0.3) is 0 Å². The van der Waals surface area contributed by atoms with E-state index in [-0.39, 0.29) is 5.25 Å². The van der Waals surface area contributed by atoms with Gasteiger partial charge in [-0.1, -0.05) is 11.8 Å². The largest absolute Gasteiger partial charge is 0.460 e. The predicted molar refractivity (Wildman–Crippen MR) is 91.2 cm³/mol. The number of nitrogens with two attached hydrogens (primary N) is 1. The third kappa shape index (κ3) is 3.20. The van der Waals surface area contributed by atoms with Gasteiger partial charge in [0.05, 0.1) is 17.1 Å². The maximum atomic E-state index is 5.82.